The molecule has 1 aromatic carbocycles. The van der Waals surface area contributed by atoms with Gasteiger partial charge in [0.1, 0.15) is 18.8 Å². The number of rotatable bonds is 16. The third-order valence-corrected chi connectivity index (χ3v) is 5.46. The molecule has 0 unspecified atom stereocenters. The molecule has 0 aliphatic rings. The molecule has 1 aromatic rings. The van der Waals surface area contributed by atoms with Gasteiger partial charge >= 0.3 is 0 Å². The Kier molecular flexibility index (Phi) is 16.0. The second-order valence-corrected chi connectivity index (χ2v) is 8.06. The molecule has 0 bridgehead atoms. The van der Waals surface area contributed by atoms with Crippen LogP contribution < -0.4 is 18.1 Å². The molecule has 0 aliphatic heterocycles. The molecule has 0 aliphatic carbocycles. The van der Waals surface area contributed by atoms with Crippen molar-refractivity contribution in [1.82, 2.24) is 0 Å². The number of aliphatic hydroxyl groups excluding tert-OH is 2. The van der Waals surface area contributed by atoms with Crippen LogP contribution in [0.5, 0.6) is 0 Å². The summed E-state index contributed by atoms with van der Waals surface area (Å²) in [6.07, 6.45) is 16.5. The zero-order valence-electron chi connectivity index (χ0n) is 17.4. The van der Waals surface area contributed by atoms with Gasteiger partial charge in [-0.3, -0.25) is 0 Å². The summed E-state index contributed by atoms with van der Waals surface area (Å²) in [5.74, 6) is 0. The maximum absolute atomic E-state index is 9.31. The lowest BCUT2D eigenvalue weighted by atomic mass is 9.93. The van der Waals surface area contributed by atoms with Crippen molar-refractivity contribution in [2.45, 2.75) is 95.9 Å². The minimum atomic E-state index is -0.616. The average Bonchev–Trinajstić information content (AvgIpc) is 2.68. The first-order valence-corrected chi connectivity index (χ1v) is 10.8. The first kappa shape index (κ1) is 26.4. The summed E-state index contributed by atoms with van der Waals surface area (Å²) in [6, 6.07) is 8.82. The number of unbranched alkanes of at least 4 members (excludes halogenated alkanes) is 9. The number of hydrogen-bond donors (Lipinski definition) is 3. The topological polar surface area (TPSA) is 68.1 Å². The molecule has 0 aromatic heterocycles. The fourth-order valence-electron chi connectivity index (χ4n) is 3.31. The van der Waals surface area contributed by atoms with E-state index in [9.17, 15) is 10.2 Å². The molecule has 0 amide bonds. The quantitative estimate of drug-likeness (QED) is 0.364. The summed E-state index contributed by atoms with van der Waals surface area (Å²) in [5.41, 5.74) is 5.98. The fourth-order valence-corrected chi connectivity index (χ4v) is 3.31. The molecule has 1 rings (SSSR count). The zero-order valence-corrected chi connectivity index (χ0v) is 18.2. The summed E-state index contributed by atoms with van der Waals surface area (Å²) in [4.78, 5) is 0. The molecular formula is C23H42ClNO2. The summed E-state index contributed by atoms with van der Waals surface area (Å²) < 4.78 is 0. The molecule has 5 N–H and O–H groups in total. The Morgan fingerprint density at radius 2 is 1.11 bits per heavy atom. The number of aliphatic hydroxyl groups is 2. The zero-order chi connectivity index (χ0) is 19.1. The van der Waals surface area contributed by atoms with Gasteiger partial charge in [0, 0.05) is 6.42 Å². The van der Waals surface area contributed by atoms with Crippen LogP contribution in [0.2, 0.25) is 0 Å². The summed E-state index contributed by atoms with van der Waals surface area (Å²) >= 11 is 0. The summed E-state index contributed by atoms with van der Waals surface area (Å²) in [6.45, 7) is 2.13. The van der Waals surface area contributed by atoms with E-state index in [0.717, 1.165) is 6.42 Å². The van der Waals surface area contributed by atoms with Crippen LogP contribution in [0.25, 0.3) is 0 Å². The minimum Gasteiger partial charge on any atom is -1.00 e. The molecule has 3 nitrogen and oxygen atoms in total. The van der Waals surface area contributed by atoms with Gasteiger partial charge in [-0.15, -0.1) is 0 Å². The SMILES string of the molecule is CCCCCCCCCCCCc1ccc(CCC([NH3+])(CO)CO)cc1.[Cl-]. The first-order chi connectivity index (χ1) is 12.6. The van der Waals surface area contributed by atoms with Gasteiger partial charge in [-0.05, 0) is 30.4 Å². The van der Waals surface area contributed by atoms with Crippen molar-refractivity contribution in [1.29, 1.82) is 0 Å². The third kappa shape index (κ3) is 12.5. The maximum atomic E-state index is 9.31. The number of aryl methyl sites for hydroxylation is 2. The van der Waals surface area contributed by atoms with Crippen LogP contribution in [0.3, 0.4) is 0 Å². The lowest BCUT2D eigenvalue weighted by Gasteiger charge is -2.20. The highest BCUT2D eigenvalue weighted by molar-refractivity contribution is 5.23. The van der Waals surface area contributed by atoms with Crippen LogP contribution in [0, 0.1) is 0 Å². The van der Waals surface area contributed by atoms with Crippen LogP contribution in [0.15, 0.2) is 24.3 Å². The Morgan fingerprint density at radius 3 is 1.56 bits per heavy atom. The highest BCUT2D eigenvalue weighted by Crippen LogP contribution is 2.15. The lowest BCUT2D eigenvalue weighted by Crippen LogP contribution is -3.00. The van der Waals surface area contributed by atoms with Gasteiger partial charge in [0.05, 0.1) is 0 Å². The molecule has 0 fully saturated rings. The Labute approximate surface area is 173 Å². The maximum Gasteiger partial charge on any atom is 0.141 e. The predicted molar refractivity (Wildman–Crippen MR) is 110 cm³/mol. The average molecular weight is 400 g/mol. The third-order valence-electron chi connectivity index (χ3n) is 5.46. The van der Waals surface area contributed by atoms with E-state index < -0.39 is 5.54 Å². The number of halogens is 1. The second kappa shape index (κ2) is 16.4. The van der Waals surface area contributed by atoms with Crippen molar-refractivity contribution in [3.63, 3.8) is 0 Å². The smallest absolute Gasteiger partial charge is 0.141 e. The normalized spacial score (nSPS) is 11.4. The molecule has 27 heavy (non-hydrogen) atoms. The second-order valence-electron chi connectivity index (χ2n) is 8.06. The Morgan fingerprint density at radius 1 is 0.704 bits per heavy atom. The van der Waals surface area contributed by atoms with E-state index >= 15 is 0 Å². The molecule has 0 saturated carbocycles. The molecule has 158 valence electrons. The molecule has 4 heteroatoms. The van der Waals surface area contributed by atoms with E-state index in [1.54, 1.807) is 0 Å². The summed E-state index contributed by atoms with van der Waals surface area (Å²) in [5, 5.41) is 18.6. The van der Waals surface area contributed by atoms with Gasteiger partial charge < -0.3 is 28.4 Å². The van der Waals surface area contributed by atoms with Gasteiger partial charge in [0.25, 0.3) is 0 Å². The molecule has 0 atom stereocenters. The Balaban J connectivity index is 0.00000676. The first-order valence-electron chi connectivity index (χ1n) is 10.8. The Bertz CT molecular complexity index is 446. The van der Waals surface area contributed by atoms with Gasteiger partial charge in [0.15, 0.2) is 0 Å². The van der Waals surface area contributed by atoms with Gasteiger partial charge in [-0.1, -0.05) is 89.0 Å². The van der Waals surface area contributed by atoms with Crippen molar-refractivity contribution >= 4 is 0 Å². The molecule has 0 heterocycles. The molecule has 0 spiro atoms. The highest BCUT2D eigenvalue weighted by atomic mass is 35.5. The van der Waals surface area contributed by atoms with Crippen LogP contribution >= 0.6 is 0 Å². The van der Waals surface area contributed by atoms with E-state index in [1.807, 2.05) is 0 Å². The largest absolute Gasteiger partial charge is 1.00 e. The van der Waals surface area contributed by atoms with Crippen molar-refractivity contribution < 1.29 is 28.4 Å². The molecule has 0 radical (unpaired) electrons. The van der Waals surface area contributed by atoms with Crippen molar-refractivity contribution in [3.8, 4) is 0 Å². The van der Waals surface area contributed by atoms with Gasteiger partial charge in [0.2, 0.25) is 0 Å². The van der Waals surface area contributed by atoms with Crippen molar-refractivity contribution in [2.75, 3.05) is 13.2 Å². The highest BCUT2D eigenvalue weighted by Gasteiger charge is 2.26. The predicted octanol–water partition coefficient (Wildman–Crippen LogP) is 1.05. The standard InChI is InChI=1S/C23H41NO2.ClH/c1-2-3-4-5-6-7-8-9-10-11-12-21-13-15-22(16-14-21)17-18-23(24,19-25)20-26;/h13-16,25-26H,2-12,17-20,24H2,1H3;1H. The molecule has 0 saturated heterocycles. The number of benzene rings is 1. The molecular weight excluding hydrogens is 358 g/mol. The van der Waals surface area contributed by atoms with E-state index in [2.05, 4.69) is 36.9 Å². The summed E-state index contributed by atoms with van der Waals surface area (Å²) in [7, 11) is 0. The number of hydrogen-bond acceptors (Lipinski definition) is 2. The lowest BCUT2D eigenvalue weighted by molar-refractivity contribution is -0.491. The van der Waals surface area contributed by atoms with Gasteiger partial charge in [-0.25, -0.2) is 0 Å². The van der Waals surface area contributed by atoms with E-state index in [4.69, 9.17) is 0 Å². The minimum absolute atomic E-state index is 0. The Hall–Kier alpha value is -0.610. The van der Waals surface area contributed by atoms with E-state index in [0.29, 0.717) is 6.42 Å². The van der Waals surface area contributed by atoms with Crippen LogP contribution in [0.1, 0.15) is 88.7 Å². The number of quaternary nitrogens is 1. The van der Waals surface area contributed by atoms with E-state index in [-0.39, 0.29) is 25.6 Å². The van der Waals surface area contributed by atoms with Crippen LogP contribution in [0.4, 0.5) is 0 Å². The van der Waals surface area contributed by atoms with Crippen molar-refractivity contribution in [2.24, 2.45) is 0 Å². The van der Waals surface area contributed by atoms with E-state index in [1.165, 1.54) is 81.8 Å². The van der Waals surface area contributed by atoms with Crippen molar-refractivity contribution in [3.05, 3.63) is 35.4 Å². The van der Waals surface area contributed by atoms with Gasteiger partial charge in [-0.2, -0.15) is 0 Å². The monoisotopic (exact) mass is 399 g/mol. The fraction of sp³-hybridized carbons (Fsp3) is 0.739. The van der Waals surface area contributed by atoms with Crippen LogP contribution in [-0.2, 0) is 12.8 Å². The van der Waals surface area contributed by atoms with Crippen LogP contribution in [-0.4, -0.2) is 29.0 Å².